The largest absolute Gasteiger partial charge is 0.452 e. The summed E-state index contributed by atoms with van der Waals surface area (Å²) in [5.41, 5.74) is 2.79. The summed E-state index contributed by atoms with van der Waals surface area (Å²) in [6.45, 7) is 1.69. The second-order valence-corrected chi connectivity index (χ2v) is 10.8. The van der Waals surface area contributed by atoms with Gasteiger partial charge in [-0.05, 0) is 17.2 Å². The Morgan fingerprint density at radius 1 is 0.976 bits per heavy atom. The molecule has 0 saturated carbocycles. The van der Waals surface area contributed by atoms with Crippen molar-refractivity contribution in [1.29, 1.82) is 0 Å². The number of hydrogen-bond donors (Lipinski definition) is 4. The molecule has 0 saturated heterocycles. The number of fused-ring (bicyclic) bond motifs is 1. The third-order valence-electron chi connectivity index (χ3n) is 6.65. The number of rotatable bonds is 12. The first kappa shape index (κ1) is 30.8. The fraction of sp³-hybridized carbons (Fsp3) is 0.345. The zero-order valence-electron chi connectivity index (χ0n) is 22.7. The van der Waals surface area contributed by atoms with Crippen molar-refractivity contribution in [2.24, 2.45) is 4.99 Å². The van der Waals surface area contributed by atoms with Gasteiger partial charge in [-0.3, -0.25) is 24.2 Å². The maximum atomic E-state index is 13.4. The maximum Gasteiger partial charge on any atom is 0.452 e. The first-order valence-electron chi connectivity index (χ1n) is 13.3. The molecular weight excluding hydrogens is 571 g/mol. The van der Waals surface area contributed by atoms with Gasteiger partial charge >= 0.3 is 6.18 Å². The molecule has 2 aromatic carbocycles. The van der Waals surface area contributed by atoms with Crippen LogP contribution in [0.4, 0.5) is 13.2 Å². The lowest BCUT2D eigenvalue weighted by Gasteiger charge is -2.21. The lowest BCUT2D eigenvalue weighted by atomic mass is 10.0. The first-order valence-corrected chi connectivity index (χ1v) is 14.3. The van der Waals surface area contributed by atoms with Crippen LogP contribution in [0.5, 0.6) is 0 Å². The van der Waals surface area contributed by atoms with Crippen molar-refractivity contribution in [3.8, 4) is 0 Å². The zero-order chi connectivity index (χ0) is 30.3. The molecule has 0 spiro atoms. The van der Waals surface area contributed by atoms with Gasteiger partial charge in [-0.2, -0.15) is 13.2 Å². The van der Waals surface area contributed by atoms with E-state index in [1.807, 2.05) is 24.3 Å². The molecule has 1 aliphatic rings. The summed E-state index contributed by atoms with van der Waals surface area (Å²) in [5.74, 6) is -3.24. The van der Waals surface area contributed by atoms with Gasteiger partial charge in [0.2, 0.25) is 17.7 Å². The van der Waals surface area contributed by atoms with Gasteiger partial charge in [0.25, 0.3) is 5.78 Å². The molecule has 2 atom stereocenters. The van der Waals surface area contributed by atoms with E-state index in [2.05, 4.69) is 25.9 Å². The number of nitrogens with one attached hydrogen (secondary N) is 4. The number of amides is 3. The van der Waals surface area contributed by atoms with E-state index in [1.165, 1.54) is 6.20 Å². The topological polar surface area (TPSA) is 133 Å². The van der Waals surface area contributed by atoms with Crippen LogP contribution < -0.4 is 16.0 Å². The van der Waals surface area contributed by atoms with Gasteiger partial charge in [-0.15, -0.1) is 11.8 Å². The minimum atomic E-state index is -5.18. The van der Waals surface area contributed by atoms with Gasteiger partial charge in [-0.1, -0.05) is 49.4 Å². The lowest BCUT2D eigenvalue weighted by molar-refractivity contribution is -0.173. The molecule has 0 fully saturated rings. The average Bonchev–Trinajstić information content (AvgIpc) is 3.65. The van der Waals surface area contributed by atoms with E-state index < -0.39 is 48.8 Å². The summed E-state index contributed by atoms with van der Waals surface area (Å²) < 4.78 is 40.1. The molecule has 3 amide bonds. The summed E-state index contributed by atoms with van der Waals surface area (Å²) in [6.07, 6.45) is -3.85. The number of alkyl halides is 3. The summed E-state index contributed by atoms with van der Waals surface area (Å²) in [7, 11) is 0. The van der Waals surface area contributed by atoms with Gasteiger partial charge in [0, 0.05) is 54.2 Å². The van der Waals surface area contributed by atoms with E-state index in [4.69, 9.17) is 0 Å². The van der Waals surface area contributed by atoms with Crippen LogP contribution in [-0.2, 0) is 32.0 Å². The van der Waals surface area contributed by atoms with Gasteiger partial charge in [-0.25, -0.2) is 0 Å². The highest BCUT2D eigenvalue weighted by atomic mass is 32.2. The Labute approximate surface area is 244 Å². The SMILES string of the molecule is CCC(=O)NC(Cc1ccc(C2=NCCS2)cc1)C(=O)NCC(=O)NC(Cc1c[nH]c2ccccc12)C(=O)C(F)(F)F. The van der Waals surface area contributed by atoms with E-state index >= 15 is 0 Å². The van der Waals surface area contributed by atoms with E-state index in [0.29, 0.717) is 16.5 Å². The van der Waals surface area contributed by atoms with E-state index in [1.54, 1.807) is 43.0 Å². The Morgan fingerprint density at radius 3 is 2.36 bits per heavy atom. The van der Waals surface area contributed by atoms with Crippen molar-refractivity contribution in [1.82, 2.24) is 20.9 Å². The molecule has 1 aliphatic heterocycles. The van der Waals surface area contributed by atoms with Crippen molar-refractivity contribution < 1.29 is 32.3 Å². The molecule has 42 heavy (non-hydrogen) atoms. The summed E-state index contributed by atoms with van der Waals surface area (Å²) >= 11 is 1.65. The molecular formula is C29H30F3N5O4S. The van der Waals surface area contributed by atoms with Crippen LogP contribution in [0, 0.1) is 0 Å². The molecule has 1 aromatic heterocycles. The van der Waals surface area contributed by atoms with E-state index in [9.17, 15) is 32.3 Å². The van der Waals surface area contributed by atoms with Crippen LogP contribution in [-0.4, -0.2) is 70.6 Å². The molecule has 0 bridgehead atoms. The van der Waals surface area contributed by atoms with Crippen molar-refractivity contribution >= 4 is 51.2 Å². The zero-order valence-corrected chi connectivity index (χ0v) is 23.5. The fourth-order valence-electron chi connectivity index (χ4n) is 4.50. The Morgan fingerprint density at radius 2 is 1.69 bits per heavy atom. The smallest absolute Gasteiger partial charge is 0.361 e. The molecule has 13 heteroatoms. The number of Topliss-reactive ketones (excluding diaryl/α,β-unsaturated/α-hetero) is 1. The van der Waals surface area contributed by atoms with Gasteiger partial charge in [0.05, 0.1) is 11.6 Å². The number of aromatic amines is 1. The third-order valence-corrected chi connectivity index (χ3v) is 7.68. The van der Waals surface area contributed by atoms with Crippen LogP contribution in [0.3, 0.4) is 0 Å². The predicted octanol–water partition coefficient (Wildman–Crippen LogP) is 3.07. The van der Waals surface area contributed by atoms with Crippen molar-refractivity contribution in [2.75, 3.05) is 18.8 Å². The van der Waals surface area contributed by atoms with Crippen LogP contribution in [0.25, 0.3) is 10.9 Å². The number of benzene rings is 2. The minimum Gasteiger partial charge on any atom is -0.361 e. The molecule has 2 unspecified atom stereocenters. The summed E-state index contributed by atoms with van der Waals surface area (Å²) in [4.78, 5) is 57.3. The molecule has 4 N–H and O–H groups in total. The standard InChI is InChI=1S/C29H30F3N5O4S/c1-2-24(38)37-23(13-17-7-9-18(10-8-17)28-33-11-12-42-28)27(41)35-16-25(39)36-22(26(40)29(30,31)32)14-19-15-34-21-6-4-3-5-20(19)21/h3-10,15,22-23,34H,2,11-14,16H2,1H3,(H,35,41)(H,36,39)(H,37,38). The Balaban J connectivity index is 1.40. The van der Waals surface area contributed by atoms with Crippen molar-refractivity contribution in [3.05, 3.63) is 71.4 Å². The number of halogens is 3. The highest BCUT2D eigenvalue weighted by molar-refractivity contribution is 8.14. The second kappa shape index (κ2) is 13.7. The number of nitrogens with zero attached hydrogens (tertiary/aromatic N) is 1. The highest BCUT2D eigenvalue weighted by Gasteiger charge is 2.44. The second-order valence-electron chi connectivity index (χ2n) is 9.67. The predicted molar refractivity (Wildman–Crippen MR) is 154 cm³/mol. The normalized spacial score (nSPS) is 14.6. The van der Waals surface area contributed by atoms with Crippen LogP contribution >= 0.6 is 11.8 Å². The quantitative estimate of drug-likeness (QED) is 0.253. The number of carbonyl (C=O) groups is 4. The number of aromatic nitrogens is 1. The highest BCUT2D eigenvalue weighted by Crippen LogP contribution is 2.24. The van der Waals surface area contributed by atoms with Gasteiger partial charge < -0.3 is 20.9 Å². The number of thioether (sulfide) groups is 1. The molecule has 9 nitrogen and oxygen atoms in total. The first-order chi connectivity index (χ1) is 20.0. The minimum absolute atomic E-state index is 0.120. The third kappa shape index (κ3) is 7.99. The molecule has 0 radical (unpaired) electrons. The number of H-pyrrole nitrogens is 1. The Hall–Kier alpha value is -4.13. The summed E-state index contributed by atoms with van der Waals surface area (Å²) in [5, 5.41) is 8.67. The van der Waals surface area contributed by atoms with Crippen molar-refractivity contribution in [3.63, 3.8) is 0 Å². The average molecular weight is 602 g/mol. The van der Waals surface area contributed by atoms with Crippen LogP contribution in [0.2, 0.25) is 0 Å². The molecule has 0 aliphatic carbocycles. The maximum absolute atomic E-state index is 13.4. The van der Waals surface area contributed by atoms with E-state index in [-0.39, 0.29) is 18.7 Å². The number of ketones is 1. The van der Waals surface area contributed by atoms with Crippen LogP contribution in [0.1, 0.15) is 30.0 Å². The van der Waals surface area contributed by atoms with Gasteiger partial charge in [0.15, 0.2) is 0 Å². The number of aliphatic imine (C=N–C) groups is 1. The Kier molecular flexibility index (Phi) is 10.0. The number of hydrogen-bond acceptors (Lipinski definition) is 6. The molecule has 4 rings (SSSR count). The lowest BCUT2D eigenvalue weighted by Crippen LogP contribution is -2.53. The molecule has 2 heterocycles. The molecule has 222 valence electrons. The monoisotopic (exact) mass is 601 g/mol. The number of para-hydroxylation sites is 1. The molecule has 3 aromatic rings. The van der Waals surface area contributed by atoms with Crippen molar-refractivity contribution in [2.45, 2.75) is 44.4 Å². The fourth-order valence-corrected chi connectivity index (χ4v) is 5.36. The van der Waals surface area contributed by atoms with Crippen LogP contribution in [0.15, 0.2) is 59.7 Å². The summed E-state index contributed by atoms with van der Waals surface area (Å²) in [6, 6.07) is 11.3. The van der Waals surface area contributed by atoms with Gasteiger partial charge in [0.1, 0.15) is 12.1 Å². The Bertz CT molecular complexity index is 1490. The van der Waals surface area contributed by atoms with E-state index in [0.717, 1.165) is 28.5 Å². The number of carbonyl (C=O) groups excluding carboxylic acids is 4.